The Morgan fingerprint density at radius 1 is 1.25 bits per heavy atom. The summed E-state index contributed by atoms with van der Waals surface area (Å²) in [6.45, 7) is 0. The van der Waals surface area contributed by atoms with Gasteiger partial charge in [-0.15, -0.1) is 11.3 Å². The van der Waals surface area contributed by atoms with Gasteiger partial charge in [0, 0.05) is 5.56 Å². The van der Waals surface area contributed by atoms with Crippen LogP contribution in [0.4, 0.5) is 4.39 Å². The van der Waals surface area contributed by atoms with E-state index in [-0.39, 0.29) is 11.4 Å². The molecule has 0 aliphatic carbocycles. The molecule has 3 aromatic rings. The zero-order valence-corrected chi connectivity index (χ0v) is 12.3. The molecule has 0 radical (unpaired) electrons. The van der Waals surface area contributed by atoms with Crippen molar-refractivity contribution in [2.24, 2.45) is 0 Å². The molecule has 1 N–H and O–H groups in total. The summed E-state index contributed by atoms with van der Waals surface area (Å²) in [7, 11) is 0. The van der Waals surface area contributed by atoms with Crippen molar-refractivity contribution < 1.29 is 14.3 Å². The van der Waals surface area contributed by atoms with Crippen LogP contribution in [0.25, 0.3) is 20.8 Å². The van der Waals surface area contributed by atoms with E-state index >= 15 is 0 Å². The van der Waals surface area contributed by atoms with Crippen molar-refractivity contribution >= 4 is 43.5 Å². The second-order valence-corrected chi connectivity index (χ2v) is 6.02. The van der Waals surface area contributed by atoms with E-state index < -0.39 is 5.97 Å². The SMILES string of the molecule is O=C(O)c1ccc2nc(-c3ccc(F)c(Br)c3)sc2c1. The van der Waals surface area contributed by atoms with Gasteiger partial charge in [-0.3, -0.25) is 0 Å². The number of halogens is 2. The molecule has 3 nitrogen and oxygen atoms in total. The maximum Gasteiger partial charge on any atom is 0.335 e. The first-order valence-electron chi connectivity index (χ1n) is 5.64. The fraction of sp³-hybridized carbons (Fsp3) is 0. The highest BCUT2D eigenvalue weighted by Crippen LogP contribution is 2.32. The molecule has 20 heavy (non-hydrogen) atoms. The van der Waals surface area contributed by atoms with Crippen LogP contribution < -0.4 is 0 Å². The summed E-state index contributed by atoms with van der Waals surface area (Å²) in [6.07, 6.45) is 0. The number of carboxylic acid groups (broad SMARTS) is 1. The summed E-state index contributed by atoms with van der Waals surface area (Å²) in [6, 6.07) is 9.47. The Bertz CT molecular complexity index is 831. The number of nitrogens with zero attached hydrogens (tertiary/aromatic N) is 1. The van der Waals surface area contributed by atoms with E-state index in [0.29, 0.717) is 4.47 Å². The Kier molecular flexibility index (Phi) is 3.27. The van der Waals surface area contributed by atoms with Gasteiger partial charge in [0.05, 0.1) is 20.3 Å². The van der Waals surface area contributed by atoms with E-state index in [1.54, 1.807) is 24.3 Å². The van der Waals surface area contributed by atoms with Crippen LogP contribution in [-0.2, 0) is 0 Å². The van der Waals surface area contributed by atoms with Crippen molar-refractivity contribution in [1.29, 1.82) is 0 Å². The van der Waals surface area contributed by atoms with Gasteiger partial charge in [-0.05, 0) is 52.3 Å². The molecule has 1 heterocycles. The number of benzene rings is 2. The Balaban J connectivity index is 2.12. The second kappa shape index (κ2) is 4.96. The third-order valence-corrected chi connectivity index (χ3v) is 4.48. The number of fused-ring (bicyclic) bond motifs is 1. The number of aromatic carboxylic acids is 1. The van der Waals surface area contributed by atoms with Crippen LogP contribution >= 0.6 is 27.3 Å². The van der Waals surface area contributed by atoms with E-state index in [4.69, 9.17) is 5.11 Å². The number of carbonyl (C=O) groups is 1. The third kappa shape index (κ3) is 2.32. The molecule has 3 rings (SSSR count). The lowest BCUT2D eigenvalue weighted by atomic mass is 10.2. The predicted octanol–water partition coefficient (Wildman–Crippen LogP) is 4.56. The van der Waals surface area contributed by atoms with Gasteiger partial charge in [0.1, 0.15) is 10.8 Å². The minimum Gasteiger partial charge on any atom is -0.478 e. The number of thiazole rings is 1. The fourth-order valence-corrected chi connectivity index (χ4v) is 3.19. The molecular formula is C14H7BrFNO2S. The minimum atomic E-state index is -0.966. The quantitative estimate of drug-likeness (QED) is 0.735. The molecule has 0 saturated heterocycles. The number of hydrogen-bond acceptors (Lipinski definition) is 3. The first kappa shape index (κ1) is 13.2. The Hall–Kier alpha value is -1.79. The van der Waals surface area contributed by atoms with Gasteiger partial charge >= 0.3 is 5.97 Å². The Morgan fingerprint density at radius 3 is 2.75 bits per heavy atom. The van der Waals surface area contributed by atoms with Crippen molar-refractivity contribution in [1.82, 2.24) is 4.98 Å². The van der Waals surface area contributed by atoms with Crippen molar-refractivity contribution in [3.05, 3.63) is 52.3 Å². The molecule has 0 fully saturated rings. The summed E-state index contributed by atoms with van der Waals surface area (Å²) in [5.74, 6) is -1.30. The summed E-state index contributed by atoms with van der Waals surface area (Å²) in [5, 5.41) is 9.70. The van der Waals surface area contributed by atoms with E-state index in [0.717, 1.165) is 20.8 Å². The van der Waals surface area contributed by atoms with Gasteiger partial charge in [-0.1, -0.05) is 0 Å². The van der Waals surface area contributed by atoms with Crippen LogP contribution in [0.1, 0.15) is 10.4 Å². The molecular weight excluding hydrogens is 345 g/mol. The highest BCUT2D eigenvalue weighted by Gasteiger charge is 2.10. The highest BCUT2D eigenvalue weighted by molar-refractivity contribution is 9.10. The molecule has 0 aliphatic rings. The van der Waals surface area contributed by atoms with Crippen molar-refractivity contribution in [3.8, 4) is 10.6 Å². The van der Waals surface area contributed by atoms with Crippen molar-refractivity contribution in [2.75, 3.05) is 0 Å². The summed E-state index contributed by atoms with van der Waals surface area (Å²) < 4.78 is 14.4. The minimum absolute atomic E-state index is 0.230. The van der Waals surface area contributed by atoms with E-state index in [1.807, 2.05) is 0 Å². The lowest BCUT2D eigenvalue weighted by Crippen LogP contribution is -1.94. The van der Waals surface area contributed by atoms with Crippen molar-refractivity contribution in [2.45, 2.75) is 0 Å². The number of hydrogen-bond donors (Lipinski definition) is 1. The maximum atomic E-state index is 13.2. The molecule has 100 valence electrons. The molecule has 1 aromatic heterocycles. The van der Waals surface area contributed by atoms with Gasteiger partial charge in [-0.2, -0.15) is 0 Å². The van der Waals surface area contributed by atoms with Crippen LogP contribution in [0, 0.1) is 5.82 Å². The van der Waals surface area contributed by atoms with Gasteiger partial charge in [0.2, 0.25) is 0 Å². The lowest BCUT2D eigenvalue weighted by molar-refractivity contribution is 0.0697. The zero-order valence-electron chi connectivity index (χ0n) is 9.93. The fourth-order valence-electron chi connectivity index (χ4n) is 1.81. The van der Waals surface area contributed by atoms with Crippen LogP contribution in [0.3, 0.4) is 0 Å². The first-order chi connectivity index (χ1) is 9.54. The standard InChI is InChI=1S/C14H7BrFNO2S/c15-9-5-7(1-3-10(9)16)13-17-11-4-2-8(14(18)19)6-12(11)20-13/h1-6H,(H,18,19). The van der Waals surface area contributed by atoms with E-state index in [1.165, 1.54) is 23.5 Å². The normalized spacial score (nSPS) is 10.9. The average molecular weight is 352 g/mol. The van der Waals surface area contributed by atoms with Crippen LogP contribution in [0.2, 0.25) is 0 Å². The highest BCUT2D eigenvalue weighted by atomic mass is 79.9. The van der Waals surface area contributed by atoms with E-state index in [2.05, 4.69) is 20.9 Å². The van der Waals surface area contributed by atoms with Crippen LogP contribution in [-0.4, -0.2) is 16.1 Å². The van der Waals surface area contributed by atoms with Crippen LogP contribution in [0.15, 0.2) is 40.9 Å². The monoisotopic (exact) mass is 351 g/mol. The molecule has 0 amide bonds. The molecule has 0 atom stereocenters. The Morgan fingerprint density at radius 2 is 2.05 bits per heavy atom. The van der Waals surface area contributed by atoms with Crippen LogP contribution in [0.5, 0.6) is 0 Å². The summed E-state index contributed by atoms with van der Waals surface area (Å²) >= 11 is 4.52. The zero-order chi connectivity index (χ0) is 14.3. The van der Waals surface area contributed by atoms with Gasteiger partial charge in [-0.25, -0.2) is 14.2 Å². The van der Waals surface area contributed by atoms with Crippen molar-refractivity contribution in [3.63, 3.8) is 0 Å². The topological polar surface area (TPSA) is 50.2 Å². The number of rotatable bonds is 2. The first-order valence-corrected chi connectivity index (χ1v) is 7.25. The predicted molar refractivity (Wildman–Crippen MR) is 79.7 cm³/mol. The molecule has 0 aliphatic heterocycles. The van der Waals surface area contributed by atoms with Gasteiger partial charge in [0.15, 0.2) is 0 Å². The van der Waals surface area contributed by atoms with E-state index in [9.17, 15) is 9.18 Å². The number of aromatic nitrogens is 1. The lowest BCUT2D eigenvalue weighted by Gasteiger charge is -1.97. The third-order valence-electron chi connectivity index (χ3n) is 2.80. The average Bonchev–Trinajstić information content (AvgIpc) is 2.84. The number of carboxylic acids is 1. The Labute approximate surface area is 125 Å². The molecule has 0 saturated carbocycles. The summed E-state index contributed by atoms with van der Waals surface area (Å²) in [4.78, 5) is 15.4. The van der Waals surface area contributed by atoms with Gasteiger partial charge < -0.3 is 5.11 Å². The molecule has 2 aromatic carbocycles. The molecule has 0 spiro atoms. The smallest absolute Gasteiger partial charge is 0.335 e. The second-order valence-electron chi connectivity index (χ2n) is 4.14. The largest absolute Gasteiger partial charge is 0.478 e. The van der Waals surface area contributed by atoms with Gasteiger partial charge in [0.25, 0.3) is 0 Å². The molecule has 0 unspecified atom stereocenters. The molecule has 6 heteroatoms. The molecule has 0 bridgehead atoms. The summed E-state index contributed by atoms with van der Waals surface area (Å²) in [5.41, 5.74) is 1.75. The maximum absolute atomic E-state index is 13.2.